The Morgan fingerprint density at radius 1 is 1.55 bits per heavy atom. The van der Waals surface area contributed by atoms with Crippen LogP contribution in [0.3, 0.4) is 0 Å². The van der Waals surface area contributed by atoms with Gasteiger partial charge in [-0.3, -0.25) is 10.00 Å². The van der Waals surface area contributed by atoms with Crippen molar-refractivity contribution < 1.29 is 9.53 Å². The number of amides is 2. The van der Waals surface area contributed by atoms with Crippen LogP contribution in [0.15, 0.2) is 0 Å². The fraction of sp³-hybridized carbons (Fsp3) is 0.769. The van der Waals surface area contributed by atoms with Gasteiger partial charge in [-0.15, -0.1) is 5.10 Å². The fourth-order valence-electron chi connectivity index (χ4n) is 2.24. The first-order valence-corrected chi connectivity index (χ1v) is 7.11. The third kappa shape index (κ3) is 3.69. The van der Waals surface area contributed by atoms with E-state index in [9.17, 15) is 4.79 Å². The number of urea groups is 1. The van der Waals surface area contributed by atoms with Crippen LogP contribution in [0, 0.1) is 12.8 Å². The van der Waals surface area contributed by atoms with E-state index >= 15 is 0 Å². The van der Waals surface area contributed by atoms with Gasteiger partial charge in [0.1, 0.15) is 5.82 Å². The van der Waals surface area contributed by atoms with E-state index in [4.69, 9.17) is 4.74 Å². The van der Waals surface area contributed by atoms with Gasteiger partial charge >= 0.3 is 6.03 Å². The van der Waals surface area contributed by atoms with E-state index in [0.717, 1.165) is 45.0 Å². The average molecular weight is 281 g/mol. The average Bonchev–Trinajstić information content (AvgIpc) is 2.98. The van der Waals surface area contributed by atoms with E-state index < -0.39 is 0 Å². The number of nitrogens with one attached hydrogen (secondary N) is 1. The molecular weight excluding hydrogens is 258 g/mol. The third-order valence-electron chi connectivity index (χ3n) is 3.47. The first-order valence-electron chi connectivity index (χ1n) is 7.11. The predicted molar refractivity (Wildman–Crippen MR) is 75.5 cm³/mol. The molecule has 0 radical (unpaired) electrons. The quantitative estimate of drug-likeness (QED) is 0.828. The van der Waals surface area contributed by atoms with Gasteiger partial charge in [0, 0.05) is 32.7 Å². The molecule has 1 aromatic rings. The summed E-state index contributed by atoms with van der Waals surface area (Å²) in [7, 11) is 1.80. The van der Waals surface area contributed by atoms with Gasteiger partial charge in [-0.2, -0.15) is 4.98 Å². The third-order valence-corrected chi connectivity index (χ3v) is 3.47. The van der Waals surface area contributed by atoms with Gasteiger partial charge in [0.2, 0.25) is 5.95 Å². The van der Waals surface area contributed by atoms with E-state index in [1.165, 1.54) is 0 Å². The van der Waals surface area contributed by atoms with Crippen molar-refractivity contribution in [2.24, 2.45) is 13.0 Å². The van der Waals surface area contributed by atoms with Gasteiger partial charge in [0.25, 0.3) is 0 Å². The lowest BCUT2D eigenvalue weighted by Gasteiger charge is -2.16. The minimum absolute atomic E-state index is 0.131. The zero-order valence-electron chi connectivity index (χ0n) is 12.4. The summed E-state index contributed by atoms with van der Waals surface area (Å²) < 4.78 is 7.19. The largest absolute Gasteiger partial charge is 0.381 e. The van der Waals surface area contributed by atoms with Crippen molar-refractivity contribution in [3.8, 4) is 0 Å². The van der Waals surface area contributed by atoms with Crippen LogP contribution in [0.1, 0.15) is 25.6 Å². The summed E-state index contributed by atoms with van der Waals surface area (Å²) in [5.74, 6) is 1.57. The molecule has 0 spiro atoms. The molecule has 2 rings (SSSR count). The van der Waals surface area contributed by atoms with Crippen molar-refractivity contribution in [3.63, 3.8) is 0 Å². The highest BCUT2D eigenvalue weighted by molar-refractivity contribution is 5.87. The first kappa shape index (κ1) is 14.8. The SMILES string of the molecule is CCCOCC1CCN(C(=O)Nc2nc(C)n(C)n2)C1. The Hall–Kier alpha value is -1.63. The Bertz CT molecular complexity index is 440. The van der Waals surface area contributed by atoms with E-state index in [1.54, 1.807) is 16.6 Å². The van der Waals surface area contributed by atoms with Crippen molar-refractivity contribution in [2.45, 2.75) is 26.7 Å². The summed E-state index contributed by atoms with van der Waals surface area (Å²) in [5.41, 5.74) is 0. The highest BCUT2D eigenvalue weighted by Crippen LogP contribution is 2.17. The summed E-state index contributed by atoms with van der Waals surface area (Å²) >= 11 is 0. The Kier molecular flexibility index (Phi) is 4.94. The molecule has 1 atom stereocenters. The van der Waals surface area contributed by atoms with E-state index in [2.05, 4.69) is 22.3 Å². The number of anilines is 1. The number of nitrogens with zero attached hydrogens (tertiary/aromatic N) is 4. The number of ether oxygens (including phenoxy) is 1. The topological polar surface area (TPSA) is 72.3 Å². The number of carbonyl (C=O) groups excluding carboxylic acids is 1. The van der Waals surface area contributed by atoms with Crippen LogP contribution in [0.25, 0.3) is 0 Å². The van der Waals surface area contributed by atoms with Gasteiger partial charge in [-0.05, 0) is 19.8 Å². The molecule has 1 unspecified atom stereocenters. The standard InChI is InChI=1S/C13H23N5O2/c1-4-7-20-9-11-5-6-18(8-11)13(19)15-12-14-10(2)17(3)16-12/h11H,4-9H2,1-3H3,(H,15,16,19). The van der Waals surface area contributed by atoms with Crippen LogP contribution < -0.4 is 5.32 Å². The number of rotatable bonds is 5. The molecule has 0 aromatic carbocycles. The molecule has 1 aliphatic heterocycles. The Labute approximate surface area is 119 Å². The molecule has 0 aliphatic carbocycles. The molecule has 7 heteroatoms. The normalized spacial score (nSPS) is 18.6. The summed E-state index contributed by atoms with van der Waals surface area (Å²) in [5, 5.41) is 6.86. The molecule has 0 saturated carbocycles. The molecule has 2 heterocycles. The van der Waals surface area contributed by atoms with Crippen LogP contribution in [0.4, 0.5) is 10.7 Å². The van der Waals surface area contributed by atoms with Crippen LogP contribution in [0.5, 0.6) is 0 Å². The van der Waals surface area contributed by atoms with Gasteiger partial charge in [-0.25, -0.2) is 4.79 Å². The minimum Gasteiger partial charge on any atom is -0.381 e. The van der Waals surface area contributed by atoms with Gasteiger partial charge in [-0.1, -0.05) is 6.92 Å². The number of carbonyl (C=O) groups is 1. The van der Waals surface area contributed by atoms with E-state index in [-0.39, 0.29) is 6.03 Å². The zero-order valence-corrected chi connectivity index (χ0v) is 12.4. The number of hydrogen-bond acceptors (Lipinski definition) is 4. The maximum Gasteiger partial charge on any atom is 0.324 e. The first-order chi connectivity index (χ1) is 9.60. The maximum absolute atomic E-state index is 12.1. The Morgan fingerprint density at radius 3 is 3.00 bits per heavy atom. The van der Waals surface area contributed by atoms with E-state index in [0.29, 0.717) is 11.9 Å². The lowest BCUT2D eigenvalue weighted by Crippen LogP contribution is -2.33. The number of aryl methyl sites for hydroxylation is 2. The molecule has 0 bridgehead atoms. The lowest BCUT2D eigenvalue weighted by molar-refractivity contribution is 0.103. The van der Waals surface area contributed by atoms with E-state index in [1.807, 2.05) is 6.92 Å². The summed E-state index contributed by atoms with van der Waals surface area (Å²) in [6.45, 7) is 6.97. The fourth-order valence-corrected chi connectivity index (χ4v) is 2.24. The van der Waals surface area contributed by atoms with Crippen molar-refractivity contribution >= 4 is 12.0 Å². The number of hydrogen-bond donors (Lipinski definition) is 1. The van der Waals surface area contributed by atoms with Crippen molar-refractivity contribution in [2.75, 3.05) is 31.6 Å². The number of aromatic nitrogens is 3. The van der Waals surface area contributed by atoms with Crippen LogP contribution in [-0.4, -0.2) is 52.0 Å². The molecule has 1 fully saturated rings. The molecular formula is C13H23N5O2. The van der Waals surface area contributed by atoms with Gasteiger partial charge < -0.3 is 9.64 Å². The van der Waals surface area contributed by atoms with Gasteiger partial charge in [0.05, 0.1) is 6.61 Å². The molecule has 7 nitrogen and oxygen atoms in total. The van der Waals surface area contributed by atoms with Crippen LogP contribution in [0.2, 0.25) is 0 Å². The molecule has 1 N–H and O–H groups in total. The highest BCUT2D eigenvalue weighted by Gasteiger charge is 2.26. The highest BCUT2D eigenvalue weighted by atomic mass is 16.5. The summed E-state index contributed by atoms with van der Waals surface area (Å²) in [4.78, 5) is 18.1. The smallest absolute Gasteiger partial charge is 0.324 e. The molecule has 1 aliphatic rings. The molecule has 1 saturated heterocycles. The monoisotopic (exact) mass is 281 g/mol. The van der Waals surface area contributed by atoms with Crippen LogP contribution >= 0.6 is 0 Å². The lowest BCUT2D eigenvalue weighted by atomic mass is 10.1. The predicted octanol–water partition coefficient (Wildman–Crippen LogP) is 1.40. The molecule has 2 amide bonds. The Morgan fingerprint density at radius 2 is 2.35 bits per heavy atom. The second-order valence-corrected chi connectivity index (χ2v) is 5.21. The summed E-state index contributed by atoms with van der Waals surface area (Å²) in [6.07, 6.45) is 2.02. The second kappa shape index (κ2) is 6.69. The van der Waals surface area contributed by atoms with Crippen molar-refractivity contribution in [1.29, 1.82) is 0 Å². The zero-order chi connectivity index (χ0) is 14.5. The van der Waals surface area contributed by atoms with Crippen LogP contribution in [-0.2, 0) is 11.8 Å². The van der Waals surface area contributed by atoms with Crippen molar-refractivity contribution in [1.82, 2.24) is 19.7 Å². The minimum atomic E-state index is -0.131. The Balaban J connectivity index is 1.79. The number of likely N-dealkylation sites (tertiary alicyclic amines) is 1. The maximum atomic E-state index is 12.1. The summed E-state index contributed by atoms with van der Waals surface area (Å²) in [6, 6.07) is -0.131. The second-order valence-electron chi connectivity index (χ2n) is 5.21. The molecule has 20 heavy (non-hydrogen) atoms. The molecule has 1 aromatic heterocycles. The van der Waals surface area contributed by atoms with Gasteiger partial charge in [0.15, 0.2) is 0 Å². The van der Waals surface area contributed by atoms with Crippen molar-refractivity contribution in [3.05, 3.63) is 5.82 Å². The molecule has 112 valence electrons.